The summed E-state index contributed by atoms with van der Waals surface area (Å²) in [5.74, 6) is 0.0655. The normalized spacial score (nSPS) is 9.73. The van der Waals surface area contributed by atoms with Crippen LogP contribution in [0.3, 0.4) is 0 Å². The van der Waals surface area contributed by atoms with Crippen LogP contribution < -0.4 is 5.48 Å². The topological polar surface area (TPSA) is 52.5 Å². The zero-order valence-electron chi connectivity index (χ0n) is 5.93. The Labute approximate surface area is 72.8 Å². The summed E-state index contributed by atoms with van der Waals surface area (Å²) in [6, 6.07) is 3.35. The Kier molecular flexibility index (Phi) is 2.36. The van der Waals surface area contributed by atoms with Gasteiger partial charge in [-0.1, -0.05) is 15.9 Å². The fourth-order valence-electron chi connectivity index (χ4n) is 0.821. The Morgan fingerprint density at radius 3 is 2.64 bits per heavy atom. The first-order valence-electron chi connectivity index (χ1n) is 3.04. The van der Waals surface area contributed by atoms with Crippen molar-refractivity contribution in [1.82, 2.24) is 0 Å². The van der Waals surface area contributed by atoms with Crippen molar-refractivity contribution >= 4 is 21.6 Å². The molecule has 4 heteroatoms. The Morgan fingerprint density at radius 2 is 2.09 bits per heavy atom. The van der Waals surface area contributed by atoms with Crippen molar-refractivity contribution in [3.63, 3.8) is 0 Å². The van der Waals surface area contributed by atoms with Gasteiger partial charge in [0.05, 0.1) is 0 Å². The number of phenolic OH excluding ortho intramolecular Hbond substituents is 1. The molecule has 3 N–H and O–H groups in total. The summed E-state index contributed by atoms with van der Waals surface area (Å²) in [5.41, 5.74) is 2.90. The number of aromatic hydroxyl groups is 1. The van der Waals surface area contributed by atoms with Crippen molar-refractivity contribution in [2.24, 2.45) is 0 Å². The molecule has 1 aromatic rings. The average Bonchev–Trinajstić information content (AvgIpc) is 1.96. The van der Waals surface area contributed by atoms with E-state index < -0.39 is 0 Å². The molecule has 0 atom stereocenters. The monoisotopic (exact) mass is 217 g/mol. The van der Waals surface area contributed by atoms with Crippen molar-refractivity contribution in [2.75, 3.05) is 5.48 Å². The molecule has 0 saturated carbocycles. The van der Waals surface area contributed by atoms with Gasteiger partial charge in [-0.05, 0) is 24.6 Å². The molecule has 0 saturated heterocycles. The molecule has 0 bridgehead atoms. The van der Waals surface area contributed by atoms with Crippen molar-refractivity contribution in [3.8, 4) is 5.75 Å². The second kappa shape index (κ2) is 3.11. The van der Waals surface area contributed by atoms with E-state index in [1.807, 2.05) is 5.48 Å². The van der Waals surface area contributed by atoms with Crippen LogP contribution in [0.15, 0.2) is 16.6 Å². The molecule has 0 aliphatic carbocycles. The highest BCUT2D eigenvalue weighted by Crippen LogP contribution is 2.30. The number of aryl methyl sites for hydroxylation is 1. The lowest BCUT2D eigenvalue weighted by molar-refractivity contribution is 0.380. The van der Waals surface area contributed by atoms with Gasteiger partial charge in [0, 0.05) is 4.47 Å². The van der Waals surface area contributed by atoms with Gasteiger partial charge in [0.1, 0.15) is 11.4 Å². The maximum atomic E-state index is 9.28. The molecule has 60 valence electrons. The predicted molar refractivity (Wildman–Crippen MR) is 46.0 cm³/mol. The van der Waals surface area contributed by atoms with Crippen LogP contribution in [-0.4, -0.2) is 10.3 Å². The van der Waals surface area contributed by atoms with Gasteiger partial charge < -0.3 is 5.11 Å². The molecular weight excluding hydrogens is 210 g/mol. The quantitative estimate of drug-likeness (QED) is 0.500. The molecule has 0 aliphatic heterocycles. The number of anilines is 1. The maximum absolute atomic E-state index is 9.28. The van der Waals surface area contributed by atoms with Crippen LogP contribution in [0.4, 0.5) is 5.69 Å². The van der Waals surface area contributed by atoms with Gasteiger partial charge in [0.25, 0.3) is 0 Å². The van der Waals surface area contributed by atoms with Gasteiger partial charge in [-0.15, -0.1) is 0 Å². The van der Waals surface area contributed by atoms with Gasteiger partial charge in [0.2, 0.25) is 0 Å². The van der Waals surface area contributed by atoms with E-state index in [4.69, 9.17) is 5.21 Å². The third-order valence-corrected chi connectivity index (χ3v) is 1.84. The first-order chi connectivity index (χ1) is 5.15. The lowest BCUT2D eigenvalue weighted by Crippen LogP contribution is -1.90. The summed E-state index contributed by atoms with van der Waals surface area (Å²) in [7, 11) is 0. The number of hydrogen-bond donors (Lipinski definition) is 3. The lowest BCUT2D eigenvalue weighted by atomic mass is 10.2. The van der Waals surface area contributed by atoms with Crippen molar-refractivity contribution in [3.05, 3.63) is 22.2 Å². The predicted octanol–water partition coefficient (Wildman–Crippen LogP) is 2.26. The van der Waals surface area contributed by atoms with Crippen LogP contribution >= 0.6 is 15.9 Å². The van der Waals surface area contributed by atoms with E-state index in [0.717, 1.165) is 4.47 Å². The molecule has 1 rings (SSSR count). The van der Waals surface area contributed by atoms with Gasteiger partial charge >= 0.3 is 0 Å². The van der Waals surface area contributed by atoms with Crippen LogP contribution in [0, 0.1) is 6.92 Å². The van der Waals surface area contributed by atoms with Gasteiger partial charge in [-0.2, -0.15) is 0 Å². The highest BCUT2D eigenvalue weighted by atomic mass is 79.9. The zero-order valence-corrected chi connectivity index (χ0v) is 7.51. The first-order valence-corrected chi connectivity index (χ1v) is 3.83. The molecule has 3 nitrogen and oxygen atoms in total. The Morgan fingerprint density at radius 1 is 1.45 bits per heavy atom. The average molecular weight is 218 g/mol. The van der Waals surface area contributed by atoms with Gasteiger partial charge in [-0.25, -0.2) is 0 Å². The molecule has 0 unspecified atom stereocenters. The fraction of sp³-hybridized carbons (Fsp3) is 0.143. The largest absolute Gasteiger partial charge is 0.505 e. The SMILES string of the molecule is Cc1cc(Br)cc(NO)c1O. The Hall–Kier alpha value is -0.740. The number of rotatable bonds is 1. The van der Waals surface area contributed by atoms with E-state index in [-0.39, 0.29) is 5.75 Å². The van der Waals surface area contributed by atoms with Crippen LogP contribution in [0.25, 0.3) is 0 Å². The third-order valence-electron chi connectivity index (χ3n) is 1.39. The molecule has 0 radical (unpaired) electrons. The smallest absolute Gasteiger partial charge is 0.143 e. The summed E-state index contributed by atoms with van der Waals surface area (Å²) < 4.78 is 0.810. The molecule has 0 fully saturated rings. The maximum Gasteiger partial charge on any atom is 0.143 e. The summed E-state index contributed by atoms with van der Waals surface area (Å²) in [4.78, 5) is 0. The zero-order chi connectivity index (χ0) is 8.43. The number of halogens is 1. The summed E-state index contributed by atoms with van der Waals surface area (Å²) >= 11 is 3.23. The lowest BCUT2D eigenvalue weighted by Gasteiger charge is -2.05. The minimum atomic E-state index is 0.0655. The van der Waals surface area contributed by atoms with Gasteiger partial charge in [-0.3, -0.25) is 10.7 Å². The van der Waals surface area contributed by atoms with E-state index in [2.05, 4.69) is 15.9 Å². The minimum Gasteiger partial charge on any atom is -0.505 e. The first kappa shape index (κ1) is 8.36. The van der Waals surface area contributed by atoms with Crippen LogP contribution in [0.2, 0.25) is 0 Å². The number of benzene rings is 1. The Balaban J connectivity index is 3.24. The van der Waals surface area contributed by atoms with Crippen molar-refractivity contribution in [2.45, 2.75) is 6.92 Å². The highest BCUT2D eigenvalue weighted by Gasteiger charge is 2.03. The van der Waals surface area contributed by atoms with Crippen LogP contribution in [0.5, 0.6) is 5.75 Å². The number of nitrogens with one attached hydrogen (secondary N) is 1. The molecule has 0 heterocycles. The van der Waals surface area contributed by atoms with E-state index in [0.29, 0.717) is 11.3 Å². The second-order valence-corrected chi connectivity index (χ2v) is 3.15. The van der Waals surface area contributed by atoms with E-state index >= 15 is 0 Å². The molecule has 1 aromatic carbocycles. The molecular formula is C7H8BrNO2. The third kappa shape index (κ3) is 1.64. The standard InChI is InChI=1S/C7H8BrNO2/c1-4-2-5(8)3-6(9-11)7(4)10/h2-3,9-11H,1H3. The fourth-order valence-corrected chi connectivity index (χ4v) is 1.39. The molecule has 0 amide bonds. The summed E-state index contributed by atoms with van der Waals surface area (Å²) in [6.07, 6.45) is 0. The van der Waals surface area contributed by atoms with E-state index in [1.54, 1.807) is 19.1 Å². The highest BCUT2D eigenvalue weighted by molar-refractivity contribution is 9.10. The second-order valence-electron chi connectivity index (χ2n) is 2.23. The minimum absolute atomic E-state index is 0.0655. The molecule has 0 aliphatic rings. The number of hydrogen-bond acceptors (Lipinski definition) is 3. The summed E-state index contributed by atoms with van der Waals surface area (Å²) in [5, 5.41) is 17.8. The van der Waals surface area contributed by atoms with E-state index in [1.165, 1.54) is 0 Å². The van der Waals surface area contributed by atoms with Crippen LogP contribution in [-0.2, 0) is 0 Å². The molecule has 0 aromatic heterocycles. The molecule has 0 spiro atoms. The summed E-state index contributed by atoms with van der Waals surface area (Å²) in [6.45, 7) is 1.75. The van der Waals surface area contributed by atoms with Crippen LogP contribution in [0.1, 0.15) is 5.56 Å². The number of phenols is 1. The molecule has 11 heavy (non-hydrogen) atoms. The van der Waals surface area contributed by atoms with Crippen molar-refractivity contribution < 1.29 is 10.3 Å². The Bertz CT molecular complexity index is 275. The van der Waals surface area contributed by atoms with Gasteiger partial charge in [0.15, 0.2) is 0 Å². The van der Waals surface area contributed by atoms with Crippen molar-refractivity contribution in [1.29, 1.82) is 0 Å². The van der Waals surface area contributed by atoms with E-state index in [9.17, 15) is 5.11 Å².